The molecule has 1 rings (SSSR count). The first-order chi connectivity index (χ1) is 5.29. The summed E-state index contributed by atoms with van der Waals surface area (Å²) in [6.45, 7) is 1.78. The maximum Gasteiger partial charge on any atom is 0.302 e. The fourth-order valence-electron chi connectivity index (χ4n) is 0.726. The molecule has 0 fully saturated rings. The number of aromatic amines is 1. The van der Waals surface area contributed by atoms with Gasteiger partial charge in [0.25, 0.3) is 0 Å². The molecule has 4 heteroatoms. The number of carbonyl (C=O) groups is 1. The average Bonchev–Trinajstić information content (AvgIpc) is 2.39. The van der Waals surface area contributed by atoms with Crippen molar-refractivity contribution in [3.8, 4) is 0 Å². The van der Waals surface area contributed by atoms with Crippen LogP contribution in [-0.4, -0.2) is 22.5 Å². The van der Waals surface area contributed by atoms with Crippen LogP contribution in [0, 0.1) is 0 Å². The molecule has 0 radical (unpaired) electrons. The van der Waals surface area contributed by atoms with Gasteiger partial charge >= 0.3 is 5.97 Å². The third kappa shape index (κ3) is 2.84. The summed E-state index contributed by atoms with van der Waals surface area (Å²) in [5, 5.41) is 0. The van der Waals surface area contributed by atoms with Gasteiger partial charge in [0.2, 0.25) is 0 Å². The lowest BCUT2D eigenvalue weighted by atomic mass is 10.4. The van der Waals surface area contributed by atoms with Crippen LogP contribution in [0.1, 0.15) is 12.7 Å². The molecule has 4 nitrogen and oxygen atoms in total. The van der Waals surface area contributed by atoms with Gasteiger partial charge in [-0.15, -0.1) is 0 Å². The Kier molecular flexibility index (Phi) is 2.66. The first-order valence-electron chi connectivity index (χ1n) is 3.40. The van der Waals surface area contributed by atoms with E-state index >= 15 is 0 Å². The van der Waals surface area contributed by atoms with Gasteiger partial charge in [0.15, 0.2) is 0 Å². The van der Waals surface area contributed by atoms with Crippen LogP contribution >= 0.6 is 0 Å². The van der Waals surface area contributed by atoms with Crippen molar-refractivity contribution in [1.29, 1.82) is 0 Å². The summed E-state index contributed by atoms with van der Waals surface area (Å²) in [5.74, 6) is 0.586. The van der Waals surface area contributed by atoms with Crippen molar-refractivity contribution in [1.82, 2.24) is 9.97 Å². The van der Waals surface area contributed by atoms with Crippen LogP contribution in [0.25, 0.3) is 0 Å². The SMILES string of the molecule is CC(=O)OCCc1ncc[nH]1. The Hall–Kier alpha value is -1.32. The molecule has 1 aromatic rings. The average molecular weight is 154 g/mol. The van der Waals surface area contributed by atoms with Crippen LogP contribution in [0.2, 0.25) is 0 Å². The molecular weight excluding hydrogens is 144 g/mol. The predicted molar refractivity (Wildman–Crippen MR) is 38.9 cm³/mol. The van der Waals surface area contributed by atoms with Crippen molar-refractivity contribution < 1.29 is 9.53 Å². The second-order valence-corrected chi connectivity index (χ2v) is 2.13. The number of esters is 1. The zero-order valence-electron chi connectivity index (χ0n) is 6.33. The molecular formula is C7H10N2O2. The van der Waals surface area contributed by atoms with Crippen molar-refractivity contribution in [3.63, 3.8) is 0 Å². The van der Waals surface area contributed by atoms with Gasteiger partial charge in [0.05, 0.1) is 6.61 Å². The number of aromatic nitrogens is 2. The molecule has 0 saturated carbocycles. The molecule has 0 aliphatic heterocycles. The molecule has 0 unspecified atom stereocenters. The van der Waals surface area contributed by atoms with Crippen LogP contribution in [0.3, 0.4) is 0 Å². The minimum Gasteiger partial charge on any atom is -0.465 e. The quantitative estimate of drug-likeness (QED) is 0.645. The second kappa shape index (κ2) is 3.75. The van der Waals surface area contributed by atoms with Gasteiger partial charge in [0, 0.05) is 25.7 Å². The summed E-state index contributed by atoms with van der Waals surface area (Å²) in [7, 11) is 0. The third-order valence-electron chi connectivity index (χ3n) is 1.20. The van der Waals surface area contributed by atoms with E-state index in [0.29, 0.717) is 13.0 Å². The highest BCUT2D eigenvalue weighted by Gasteiger charge is 1.95. The fourth-order valence-corrected chi connectivity index (χ4v) is 0.726. The third-order valence-corrected chi connectivity index (χ3v) is 1.20. The van der Waals surface area contributed by atoms with E-state index in [1.807, 2.05) is 0 Å². The standard InChI is InChI=1S/C7H10N2O2/c1-6(10)11-5-2-7-8-3-4-9-7/h3-4H,2,5H2,1H3,(H,8,9). The molecule has 0 aliphatic rings. The van der Waals surface area contributed by atoms with Crippen molar-refractivity contribution in [2.45, 2.75) is 13.3 Å². The molecule has 0 spiro atoms. The van der Waals surface area contributed by atoms with Gasteiger partial charge in [-0.2, -0.15) is 0 Å². The molecule has 0 saturated heterocycles. The molecule has 0 aromatic carbocycles. The summed E-state index contributed by atoms with van der Waals surface area (Å²) in [5.41, 5.74) is 0. The van der Waals surface area contributed by atoms with Crippen molar-refractivity contribution in [3.05, 3.63) is 18.2 Å². The van der Waals surface area contributed by atoms with Crippen molar-refractivity contribution in [2.24, 2.45) is 0 Å². The number of hydrogen-bond acceptors (Lipinski definition) is 3. The summed E-state index contributed by atoms with van der Waals surface area (Å²) in [4.78, 5) is 17.2. The van der Waals surface area contributed by atoms with Gasteiger partial charge in [-0.05, 0) is 0 Å². The highest BCUT2D eigenvalue weighted by atomic mass is 16.5. The van der Waals surface area contributed by atoms with E-state index in [1.165, 1.54) is 6.92 Å². The monoisotopic (exact) mass is 154 g/mol. The molecule has 0 amide bonds. The Balaban J connectivity index is 2.19. The molecule has 0 bridgehead atoms. The van der Waals surface area contributed by atoms with Gasteiger partial charge in [-0.3, -0.25) is 4.79 Å². The van der Waals surface area contributed by atoms with E-state index in [2.05, 4.69) is 9.97 Å². The second-order valence-electron chi connectivity index (χ2n) is 2.13. The number of ether oxygens (including phenoxy) is 1. The number of rotatable bonds is 3. The molecule has 1 N–H and O–H groups in total. The highest BCUT2D eigenvalue weighted by molar-refractivity contribution is 5.65. The minimum atomic E-state index is -0.253. The Morgan fingerprint density at radius 2 is 2.64 bits per heavy atom. The topological polar surface area (TPSA) is 55.0 Å². The van der Waals surface area contributed by atoms with E-state index in [-0.39, 0.29) is 5.97 Å². The van der Waals surface area contributed by atoms with Gasteiger partial charge < -0.3 is 9.72 Å². The maximum atomic E-state index is 10.3. The summed E-state index contributed by atoms with van der Waals surface area (Å²) < 4.78 is 4.72. The van der Waals surface area contributed by atoms with Crippen LogP contribution in [0.15, 0.2) is 12.4 Å². The zero-order valence-corrected chi connectivity index (χ0v) is 6.33. The molecule has 11 heavy (non-hydrogen) atoms. The van der Waals surface area contributed by atoms with Crippen molar-refractivity contribution in [2.75, 3.05) is 6.61 Å². The van der Waals surface area contributed by atoms with Crippen LogP contribution in [0.5, 0.6) is 0 Å². The Bertz CT molecular complexity index is 218. The van der Waals surface area contributed by atoms with E-state index in [1.54, 1.807) is 12.4 Å². The van der Waals surface area contributed by atoms with Crippen LogP contribution < -0.4 is 0 Å². The maximum absolute atomic E-state index is 10.3. The number of imidazole rings is 1. The van der Waals surface area contributed by atoms with Crippen LogP contribution in [-0.2, 0) is 16.0 Å². The number of carbonyl (C=O) groups excluding carboxylic acids is 1. The molecule has 60 valence electrons. The lowest BCUT2D eigenvalue weighted by Gasteiger charge is -1.97. The summed E-state index contributed by atoms with van der Waals surface area (Å²) >= 11 is 0. The van der Waals surface area contributed by atoms with Crippen LogP contribution in [0.4, 0.5) is 0 Å². The number of H-pyrrole nitrogens is 1. The first-order valence-corrected chi connectivity index (χ1v) is 3.40. The minimum absolute atomic E-state index is 0.253. The normalized spacial score (nSPS) is 9.55. The van der Waals surface area contributed by atoms with E-state index < -0.39 is 0 Å². The molecule has 1 heterocycles. The molecule has 0 aliphatic carbocycles. The Labute approximate surface area is 64.6 Å². The van der Waals surface area contributed by atoms with Gasteiger partial charge in [-0.1, -0.05) is 0 Å². The Morgan fingerprint density at radius 3 is 3.18 bits per heavy atom. The molecule has 1 aromatic heterocycles. The number of nitrogens with one attached hydrogen (secondary N) is 1. The van der Waals surface area contributed by atoms with Crippen molar-refractivity contribution >= 4 is 5.97 Å². The lowest BCUT2D eigenvalue weighted by Crippen LogP contribution is -2.03. The first kappa shape index (κ1) is 7.78. The van der Waals surface area contributed by atoms with E-state index in [0.717, 1.165) is 5.82 Å². The highest BCUT2D eigenvalue weighted by Crippen LogP contribution is 1.90. The largest absolute Gasteiger partial charge is 0.465 e. The number of hydrogen-bond donors (Lipinski definition) is 1. The Morgan fingerprint density at radius 1 is 1.82 bits per heavy atom. The van der Waals surface area contributed by atoms with E-state index in [4.69, 9.17) is 4.74 Å². The van der Waals surface area contributed by atoms with Gasteiger partial charge in [-0.25, -0.2) is 4.98 Å². The van der Waals surface area contributed by atoms with Gasteiger partial charge in [0.1, 0.15) is 5.82 Å². The fraction of sp³-hybridized carbons (Fsp3) is 0.429. The molecule has 0 atom stereocenters. The smallest absolute Gasteiger partial charge is 0.302 e. The zero-order chi connectivity index (χ0) is 8.10. The van der Waals surface area contributed by atoms with E-state index in [9.17, 15) is 4.79 Å². The lowest BCUT2D eigenvalue weighted by molar-refractivity contribution is -0.140. The number of nitrogens with zero attached hydrogens (tertiary/aromatic N) is 1. The predicted octanol–water partition coefficient (Wildman–Crippen LogP) is 0.515. The summed E-state index contributed by atoms with van der Waals surface area (Å²) in [6.07, 6.45) is 4.05. The summed E-state index contributed by atoms with van der Waals surface area (Å²) in [6, 6.07) is 0.